The summed E-state index contributed by atoms with van der Waals surface area (Å²) in [6.07, 6.45) is 2.46. The molecule has 5 rings (SSSR count). The highest BCUT2D eigenvalue weighted by Crippen LogP contribution is 2.27. The lowest BCUT2D eigenvalue weighted by Crippen LogP contribution is -2.27. The van der Waals surface area contributed by atoms with Gasteiger partial charge in [-0.15, -0.1) is 0 Å². The number of benzene rings is 2. The highest BCUT2D eigenvalue weighted by molar-refractivity contribution is 5.98. The van der Waals surface area contributed by atoms with Gasteiger partial charge in [-0.1, -0.05) is 66.7 Å². The van der Waals surface area contributed by atoms with E-state index in [1.807, 2.05) is 55.5 Å². The van der Waals surface area contributed by atoms with Gasteiger partial charge in [0.15, 0.2) is 0 Å². The number of hydrogen-bond donors (Lipinski definition) is 1. The number of carbonyl (C=O) groups excluding carboxylic acids is 1. The number of rotatable bonds is 6. The molecule has 0 saturated heterocycles. The maximum absolute atomic E-state index is 13.1. The first-order valence-corrected chi connectivity index (χ1v) is 11.4. The Morgan fingerprint density at radius 3 is 2.24 bits per heavy atom. The van der Waals surface area contributed by atoms with Gasteiger partial charge in [-0.05, 0) is 42.2 Å². The maximum atomic E-state index is 13.1. The van der Waals surface area contributed by atoms with Crippen LogP contribution in [0.4, 0.5) is 0 Å². The molecular weight excluding hydrogens is 424 g/mol. The van der Waals surface area contributed by atoms with Crippen molar-refractivity contribution in [2.75, 3.05) is 6.54 Å². The van der Waals surface area contributed by atoms with Crippen LogP contribution in [-0.4, -0.2) is 26.4 Å². The van der Waals surface area contributed by atoms with Crippen molar-refractivity contribution in [3.8, 4) is 0 Å². The smallest absolute Gasteiger partial charge is 0.267 e. The van der Waals surface area contributed by atoms with Crippen molar-refractivity contribution in [1.29, 1.82) is 0 Å². The number of nitrogens with one attached hydrogen (secondary N) is 1. The van der Waals surface area contributed by atoms with Crippen molar-refractivity contribution in [2.24, 2.45) is 7.05 Å². The van der Waals surface area contributed by atoms with E-state index in [9.17, 15) is 9.59 Å². The summed E-state index contributed by atoms with van der Waals surface area (Å²) in [6.45, 7) is 2.42. The SMILES string of the molecule is Cc1cccn2c(=O)c3cc(C(=O)NCCC(c4ccccc4)c4ccccc4)n(C)c3nc12. The molecule has 0 saturated carbocycles. The monoisotopic (exact) mass is 450 g/mol. The number of pyridine rings is 1. The lowest BCUT2D eigenvalue weighted by Gasteiger charge is -2.18. The Morgan fingerprint density at radius 1 is 0.941 bits per heavy atom. The molecule has 3 aromatic heterocycles. The van der Waals surface area contributed by atoms with Crippen LogP contribution in [0.1, 0.15) is 39.5 Å². The first kappa shape index (κ1) is 21.6. The topological polar surface area (TPSA) is 68.4 Å². The Bertz CT molecular complexity index is 1500. The van der Waals surface area contributed by atoms with Crippen LogP contribution < -0.4 is 10.9 Å². The summed E-state index contributed by atoms with van der Waals surface area (Å²) in [7, 11) is 1.77. The normalized spacial score (nSPS) is 11.4. The lowest BCUT2D eigenvalue weighted by atomic mass is 9.88. The average molecular weight is 451 g/mol. The lowest BCUT2D eigenvalue weighted by molar-refractivity contribution is 0.0945. The van der Waals surface area contributed by atoms with Gasteiger partial charge in [0, 0.05) is 25.7 Å². The van der Waals surface area contributed by atoms with E-state index in [4.69, 9.17) is 0 Å². The van der Waals surface area contributed by atoms with Gasteiger partial charge in [0.2, 0.25) is 0 Å². The minimum Gasteiger partial charge on any atom is -0.351 e. The van der Waals surface area contributed by atoms with Crippen molar-refractivity contribution in [3.63, 3.8) is 0 Å². The first-order chi connectivity index (χ1) is 16.5. The molecule has 1 amide bonds. The summed E-state index contributed by atoms with van der Waals surface area (Å²) in [5.41, 5.74) is 4.69. The van der Waals surface area contributed by atoms with Gasteiger partial charge in [-0.25, -0.2) is 4.98 Å². The summed E-state index contributed by atoms with van der Waals surface area (Å²) in [5.74, 6) is -0.0414. The molecule has 170 valence electrons. The second-order valence-corrected chi connectivity index (χ2v) is 8.55. The molecule has 0 aliphatic carbocycles. The average Bonchev–Trinajstić information content (AvgIpc) is 3.20. The molecule has 1 N–H and O–H groups in total. The number of aromatic nitrogens is 3. The number of fused-ring (bicyclic) bond motifs is 2. The van der Waals surface area contributed by atoms with Crippen LogP contribution in [0.3, 0.4) is 0 Å². The predicted octanol–water partition coefficient (Wildman–Crippen LogP) is 4.45. The van der Waals surface area contributed by atoms with Crippen molar-refractivity contribution >= 4 is 22.6 Å². The van der Waals surface area contributed by atoms with Gasteiger partial charge >= 0.3 is 0 Å². The molecule has 2 aromatic carbocycles. The van der Waals surface area contributed by atoms with E-state index in [2.05, 4.69) is 34.6 Å². The van der Waals surface area contributed by atoms with Crippen molar-refractivity contribution in [1.82, 2.24) is 19.3 Å². The molecule has 34 heavy (non-hydrogen) atoms. The molecule has 3 heterocycles. The quantitative estimate of drug-likeness (QED) is 0.416. The van der Waals surface area contributed by atoms with Gasteiger partial charge in [0.1, 0.15) is 17.0 Å². The van der Waals surface area contributed by atoms with Gasteiger partial charge in [-0.2, -0.15) is 0 Å². The van der Waals surface area contributed by atoms with Crippen LogP contribution in [0.5, 0.6) is 0 Å². The summed E-state index contributed by atoms with van der Waals surface area (Å²) < 4.78 is 3.23. The molecule has 0 spiro atoms. The molecule has 0 radical (unpaired) electrons. The highest BCUT2D eigenvalue weighted by Gasteiger charge is 2.19. The minimum absolute atomic E-state index is 0.174. The van der Waals surface area contributed by atoms with Crippen molar-refractivity contribution in [2.45, 2.75) is 19.3 Å². The molecule has 0 unspecified atom stereocenters. The van der Waals surface area contributed by atoms with E-state index in [-0.39, 0.29) is 17.4 Å². The number of nitrogens with zero attached hydrogens (tertiary/aromatic N) is 3. The van der Waals surface area contributed by atoms with Crippen molar-refractivity contribution < 1.29 is 4.79 Å². The van der Waals surface area contributed by atoms with E-state index >= 15 is 0 Å². The number of amides is 1. The minimum atomic E-state index is -0.217. The van der Waals surface area contributed by atoms with Crippen LogP contribution in [0.25, 0.3) is 16.7 Å². The molecule has 0 fully saturated rings. The highest BCUT2D eigenvalue weighted by atomic mass is 16.2. The van der Waals surface area contributed by atoms with Crippen LogP contribution in [0.2, 0.25) is 0 Å². The second-order valence-electron chi connectivity index (χ2n) is 8.55. The molecule has 0 aliphatic heterocycles. The zero-order valence-electron chi connectivity index (χ0n) is 19.2. The molecule has 6 nitrogen and oxygen atoms in total. The summed E-state index contributed by atoms with van der Waals surface area (Å²) in [5, 5.41) is 3.48. The molecular formula is C28H26N4O2. The third kappa shape index (κ3) is 3.88. The van der Waals surface area contributed by atoms with Crippen LogP contribution >= 0.6 is 0 Å². The Kier molecular flexibility index (Phi) is 5.72. The standard InChI is InChI=1S/C28H26N4O2/c1-19-10-9-17-32-25(19)30-26-23(28(32)34)18-24(31(26)2)27(33)29-16-15-22(20-11-5-3-6-12-20)21-13-7-4-8-14-21/h3-14,17-18,22H,15-16H2,1-2H3,(H,29,33). The maximum Gasteiger partial charge on any atom is 0.267 e. The van der Waals surface area contributed by atoms with Gasteiger partial charge in [0.25, 0.3) is 11.5 Å². The van der Waals surface area contributed by atoms with E-state index < -0.39 is 0 Å². The van der Waals surface area contributed by atoms with E-state index in [0.717, 1.165) is 12.0 Å². The third-order valence-electron chi connectivity index (χ3n) is 6.38. The Labute approximate surface area is 197 Å². The second kappa shape index (κ2) is 8.98. The van der Waals surface area contributed by atoms with E-state index in [1.54, 1.807) is 23.9 Å². The van der Waals surface area contributed by atoms with Crippen LogP contribution in [0.15, 0.2) is 89.9 Å². The zero-order chi connectivity index (χ0) is 23.7. The van der Waals surface area contributed by atoms with Gasteiger partial charge in [0.05, 0.1) is 5.39 Å². The summed E-state index contributed by atoms with van der Waals surface area (Å²) in [6, 6.07) is 26.0. The number of carbonyl (C=O) groups is 1. The first-order valence-electron chi connectivity index (χ1n) is 11.4. The van der Waals surface area contributed by atoms with Crippen LogP contribution in [-0.2, 0) is 7.05 Å². The molecule has 0 aliphatic rings. The Balaban J connectivity index is 1.40. The molecule has 0 bridgehead atoms. The number of hydrogen-bond acceptors (Lipinski definition) is 3. The Morgan fingerprint density at radius 2 is 1.59 bits per heavy atom. The summed E-state index contributed by atoms with van der Waals surface area (Å²) >= 11 is 0. The van der Waals surface area contributed by atoms with Crippen molar-refractivity contribution in [3.05, 3.63) is 118 Å². The fourth-order valence-corrected chi connectivity index (χ4v) is 4.56. The molecule has 6 heteroatoms. The fourth-order valence-electron chi connectivity index (χ4n) is 4.56. The molecule has 0 atom stereocenters. The predicted molar refractivity (Wildman–Crippen MR) is 134 cm³/mol. The van der Waals surface area contributed by atoms with E-state index in [1.165, 1.54) is 15.5 Å². The zero-order valence-corrected chi connectivity index (χ0v) is 19.2. The van der Waals surface area contributed by atoms with Gasteiger partial charge < -0.3 is 9.88 Å². The largest absolute Gasteiger partial charge is 0.351 e. The Hall–Kier alpha value is -4.19. The number of aryl methyl sites for hydroxylation is 2. The van der Waals surface area contributed by atoms with E-state index in [0.29, 0.717) is 28.9 Å². The van der Waals surface area contributed by atoms with Crippen LogP contribution in [0, 0.1) is 6.92 Å². The third-order valence-corrected chi connectivity index (χ3v) is 6.38. The van der Waals surface area contributed by atoms with Gasteiger partial charge in [-0.3, -0.25) is 14.0 Å². The fraction of sp³-hybridized carbons (Fsp3) is 0.179. The summed E-state index contributed by atoms with van der Waals surface area (Å²) in [4.78, 5) is 30.8. The molecule has 5 aromatic rings.